The molecule has 4 N–H and O–H groups in total. The van der Waals surface area contributed by atoms with Gasteiger partial charge in [0, 0.05) is 12.2 Å². The van der Waals surface area contributed by atoms with Gasteiger partial charge in [-0.15, -0.1) is 0 Å². The second-order valence-electron chi connectivity index (χ2n) is 6.06. The van der Waals surface area contributed by atoms with Crippen molar-refractivity contribution in [2.24, 2.45) is 5.73 Å². The minimum absolute atomic E-state index is 0.233. The van der Waals surface area contributed by atoms with Gasteiger partial charge in [-0.1, -0.05) is 18.2 Å². The molecule has 29 heavy (non-hydrogen) atoms. The van der Waals surface area contributed by atoms with E-state index in [-0.39, 0.29) is 17.7 Å². The predicted molar refractivity (Wildman–Crippen MR) is 104 cm³/mol. The van der Waals surface area contributed by atoms with Crippen LogP contribution in [0.15, 0.2) is 42.5 Å². The number of hydrogen-bond acceptors (Lipinski definition) is 6. The lowest BCUT2D eigenvalue weighted by molar-refractivity contribution is -0.119. The van der Waals surface area contributed by atoms with Crippen LogP contribution in [0.25, 0.3) is 0 Å². The molecule has 0 fully saturated rings. The maximum Gasteiger partial charge on any atom is 0.338 e. The lowest BCUT2D eigenvalue weighted by atomic mass is 10.1. The number of urea groups is 1. The molecule has 0 aliphatic heterocycles. The van der Waals surface area contributed by atoms with Crippen molar-refractivity contribution >= 4 is 29.6 Å². The van der Waals surface area contributed by atoms with Crippen molar-refractivity contribution in [3.05, 3.63) is 64.7 Å². The minimum atomic E-state index is -0.672. The van der Waals surface area contributed by atoms with E-state index in [9.17, 15) is 19.2 Å². The van der Waals surface area contributed by atoms with Crippen molar-refractivity contribution in [1.82, 2.24) is 5.32 Å². The van der Waals surface area contributed by atoms with Gasteiger partial charge in [0.1, 0.15) is 0 Å². The first kappa shape index (κ1) is 21.4. The molecule has 0 aromatic heterocycles. The summed E-state index contributed by atoms with van der Waals surface area (Å²) in [5, 5.41) is 5.03. The third-order valence-corrected chi connectivity index (χ3v) is 3.92. The van der Waals surface area contributed by atoms with Gasteiger partial charge in [0.15, 0.2) is 6.61 Å². The third kappa shape index (κ3) is 6.35. The van der Waals surface area contributed by atoms with E-state index >= 15 is 0 Å². The van der Waals surface area contributed by atoms with E-state index in [0.717, 1.165) is 11.1 Å². The second-order valence-corrected chi connectivity index (χ2v) is 6.06. The van der Waals surface area contributed by atoms with Crippen LogP contribution in [0, 0.1) is 6.92 Å². The molecule has 9 nitrogen and oxygen atoms in total. The number of methoxy groups -OCH3 is 1. The Hall–Kier alpha value is -3.88. The Kier molecular flexibility index (Phi) is 7.30. The highest BCUT2D eigenvalue weighted by atomic mass is 16.5. The first-order chi connectivity index (χ1) is 13.8. The van der Waals surface area contributed by atoms with E-state index in [0.29, 0.717) is 5.69 Å². The van der Waals surface area contributed by atoms with Gasteiger partial charge in [0.25, 0.3) is 5.91 Å². The number of esters is 2. The highest BCUT2D eigenvalue weighted by Crippen LogP contribution is 2.17. The van der Waals surface area contributed by atoms with Crippen LogP contribution in [-0.4, -0.2) is 37.6 Å². The maximum atomic E-state index is 12.1. The van der Waals surface area contributed by atoms with Crippen molar-refractivity contribution < 1.29 is 28.7 Å². The number of rotatable bonds is 7. The molecule has 0 saturated heterocycles. The topological polar surface area (TPSA) is 137 Å². The predicted octanol–water partition coefficient (Wildman–Crippen LogP) is 1.75. The summed E-state index contributed by atoms with van der Waals surface area (Å²) in [6.07, 6.45) is 0. The van der Waals surface area contributed by atoms with E-state index < -0.39 is 30.5 Å². The molecular weight excluding hydrogens is 378 g/mol. The van der Waals surface area contributed by atoms with Crippen LogP contribution in [0.1, 0.15) is 31.8 Å². The third-order valence-electron chi connectivity index (χ3n) is 3.92. The van der Waals surface area contributed by atoms with Crippen LogP contribution in [0.5, 0.6) is 0 Å². The smallest absolute Gasteiger partial charge is 0.338 e. The number of nitrogens with two attached hydrogens (primary N) is 1. The first-order valence-corrected chi connectivity index (χ1v) is 8.58. The molecule has 0 aliphatic rings. The van der Waals surface area contributed by atoms with Gasteiger partial charge >= 0.3 is 18.0 Å². The van der Waals surface area contributed by atoms with Crippen LogP contribution in [0.2, 0.25) is 0 Å². The summed E-state index contributed by atoms with van der Waals surface area (Å²) in [5.74, 6) is -1.75. The van der Waals surface area contributed by atoms with Gasteiger partial charge in [-0.3, -0.25) is 4.79 Å². The van der Waals surface area contributed by atoms with Gasteiger partial charge in [0.05, 0.1) is 18.2 Å². The van der Waals surface area contributed by atoms with Gasteiger partial charge in [-0.05, 0) is 42.3 Å². The number of carbonyl (C=O) groups is 4. The van der Waals surface area contributed by atoms with Crippen LogP contribution in [0.4, 0.5) is 10.5 Å². The highest BCUT2D eigenvalue weighted by Gasteiger charge is 2.13. The maximum absolute atomic E-state index is 12.1. The Morgan fingerprint density at radius 3 is 2.24 bits per heavy atom. The molecule has 9 heteroatoms. The summed E-state index contributed by atoms with van der Waals surface area (Å²) < 4.78 is 9.66. The first-order valence-electron chi connectivity index (χ1n) is 8.58. The Labute approximate surface area is 167 Å². The van der Waals surface area contributed by atoms with Crippen LogP contribution in [0.3, 0.4) is 0 Å². The zero-order valence-corrected chi connectivity index (χ0v) is 16.0. The number of amides is 3. The highest BCUT2D eigenvalue weighted by molar-refractivity contribution is 5.97. The van der Waals surface area contributed by atoms with E-state index in [1.807, 2.05) is 0 Å². The number of ether oxygens (including phenoxy) is 2. The fourth-order valence-corrected chi connectivity index (χ4v) is 2.35. The van der Waals surface area contributed by atoms with Crippen LogP contribution < -0.4 is 16.4 Å². The molecular formula is C20H21N3O6. The summed E-state index contributed by atoms with van der Waals surface area (Å²) in [6.45, 7) is 1.50. The molecule has 0 atom stereocenters. The summed E-state index contributed by atoms with van der Waals surface area (Å²) in [6, 6.07) is 10.4. The molecule has 0 aliphatic carbocycles. The number of hydrogen-bond donors (Lipinski definition) is 3. The number of anilines is 1. The van der Waals surface area contributed by atoms with E-state index in [1.165, 1.54) is 25.3 Å². The molecule has 0 unspecified atom stereocenters. The van der Waals surface area contributed by atoms with Crippen molar-refractivity contribution in [3.8, 4) is 0 Å². The number of benzene rings is 2. The van der Waals surface area contributed by atoms with Crippen molar-refractivity contribution in [1.29, 1.82) is 0 Å². The van der Waals surface area contributed by atoms with Gasteiger partial charge in [-0.2, -0.15) is 0 Å². The van der Waals surface area contributed by atoms with Gasteiger partial charge in [0.2, 0.25) is 0 Å². The van der Waals surface area contributed by atoms with Crippen molar-refractivity contribution in [2.75, 3.05) is 19.0 Å². The van der Waals surface area contributed by atoms with E-state index in [4.69, 9.17) is 10.5 Å². The fraction of sp³-hybridized carbons (Fsp3) is 0.200. The quantitative estimate of drug-likeness (QED) is 0.607. The molecule has 152 valence electrons. The number of aryl methyl sites for hydroxylation is 1. The Bertz CT molecular complexity index is 924. The number of primary amides is 1. The Morgan fingerprint density at radius 1 is 0.966 bits per heavy atom. The standard InChI is InChI=1S/C20H21N3O6/c1-12-3-6-15(18(25)28-2)9-16(12)23-17(24)11-29-19(26)14-7-4-13(5-8-14)10-22-20(21)27/h3-9H,10-11H2,1-2H3,(H,23,24)(H3,21,22,27). The normalized spacial score (nSPS) is 10.0. The van der Waals surface area contributed by atoms with Crippen LogP contribution >= 0.6 is 0 Å². The average Bonchev–Trinajstić information content (AvgIpc) is 2.71. The van der Waals surface area contributed by atoms with Gasteiger partial charge < -0.3 is 25.8 Å². The van der Waals surface area contributed by atoms with Crippen LogP contribution in [-0.2, 0) is 20.8 Å². The molecule has 3 amide bonds. The molecule has 0 saturated carbocycles. The summed E-state index contributed by atoms with van der Waals surface area (Å²) in [5.41, 5.74) is 7.44. The fourth-order valence-electron chi connectivity index (χ4n) is 2.35. The molecule has 2 aromatic rings. The largest absolute Gasteiger partial charge is 0.465 e. The minimum Gasteiger partial charge on any atom is -0.465 e. The summed E-state index contributed by atoms with van der Waals surface area (Å²) >= 11 is 0. The molecule has 0 bridgehead atoms. The lowest BCUT2D eigenvalue weighted by Gasteiger charge is -2.10. The van der Waals surface area contributed by atoms with E-state index in [2.05, 4.69) is 15.4 Å². The summed E-state index contributed by atoms with van der Waals surface area (Å²) in [7, 11) is 1.26. The molecule has 2 rings (SSSR count). The Balaban J connectivity index is 1.91. The lowest BCUT2D eigenvalue weighted by Crippen LogP contribution is -2.28. The molecule has 0 spiro atoms. The monoisotopic (exact) mass is 399 g/mol. The zero-order valence-electron chi connectivity index (χ0n) is 16.0. The second kappa shape index (κ2) is 9.88. The van der Waals surface area contributed by atoms with Gasteiger partial charge in [-0.25, -0.2) is 14.4 Å². The molecule has 0 radical (unpaired) electrons. The number of carbonyl (C=O) groups excluding carboxylic acids is 4. The SMILES string of the molecule is COC(=O)c1ccc(C)c(NC(=O)COC(=O)c2ccc(CNC(N)=O)cc2)c1. The summed E-state index contributed by atoms with van der Waals surface area (Å²) in [4.78, 5) is 46.5. The average molecular weight is 399 g/mol. The molecule has 2 aromatic carbocycles. The van der Waals surface area contributed by atoms with Crippen molar-refractivity contribution in [2.45, 2.75) is 13.5 Å². The van der Waals surface area contributed by atoms with Crippen molar-refractivity contribution in [3.63, 3.8) is 0 Å². The zero-order chi connectivity index (χ0) is 21.4. The number of nitrogens with one attached hydrogen (secondary N) is 2. The molecule has 0 heterocycles. The van der Waals surface area contributed by atoms with E-state index in [1.54, 1.807) is 31.2 Å². The Morgan fingerprint density at radius 2 is 1.62 bits per heavy atom.